The first-order chi connectivity index (χ1) is 13.3. The highest BCUT2D eigenvalue weighted by atomic mass is 35.5. The summed E-state index contributed by atoms with van der Waals surface area (Å²) in [5, 5.41) is 9.67. The minimum atomic E-state index is -1.29. The molecule has 1 saturated carbocycles. The number of halogens is 2. The number of carbonyl (C=O) groups excluding carboxylic acids is 1. The number of rotatable bonds is 6. The maximum Gasteiger partial charge on any atom is 0.328 e. The molecule has 0 aromatic heterocycles. The summed E-state index contributed by atoms with van der Waals surface area (Å²) >= 11 is 11.5. The van der Waals surface area contributed by atoms with Crippen molar-refractivity contribution >= 4 is 29.2 Å². The second-order valence-corrected chi connectivity index (χ2v) is 8.22. The monoisotopic (exact) mass is 415 g/mol. The Labute approximate surface area is 174 Å². The number of nitrogens with zero attached hydrogens (tertiary/aromatic N) is 1. The molecule has 2 atom stereocenters. The average molecular weight is 416 g/mol. The van der Waals surface area contributed by atoms with E-state index >= 15 is 0 Å². The van der Waals surface area contributed by atoms with Gasteiger partial charge in [-0.3, -0.25) is 4.79 Å². The molecule has 1 aliphatic rings. The lowest BCUT2D eigenvalue weighted by Crippen LogP contribution is -2.23. The van der Waals surface area contributed by atoms with Gasteiger partial charge in [0, 0.05) is 11.3 Å². The van der Waals surface area contributed by atoms with E-state index in [0.717, 1.165) is 5.56 Å². The number of allylic oxidation sites excluding steroid dienone is 1. The van der Waals surface area contributed by atoms with Gasteiger partial charge in [0.25, 0.3) is 0 Å². The molecule has 28 heavy (non-hydrogen) atoms. The van der Waals surface area contributed by atoms with E-state index in [-0.39, 0.29) is 11.1 Å². The summed E-state index contributed by atoms with van der Waals surface area (Å²) in [6.45, 7) is 3.68. The number of ether oxygens (including phenoxy) is 2. The maximum absolute atomic E-state index is 12.7. The second kappa shape index (κ2) is 7.87. The Bertz CT molecular complexity index is 946. The lowest BCUT2D eigenvalue weighted by atomic mass is 9.98. The van der Waals surface area contributed by atoms with Gasteiger partial charge in [-0.25, -0.2) is 0 Å². The topological polar surface area (TPSA) is 59.3 Å². The fourth-order valence-electron chi connectivity index (χ4n) is 3.50. The zero-order valence-electron chi connectivity index (χ0n) is 15.5. The summed E-state index contributed by atoms with van der Waals surface area (Å²) in [6, 6.07) is 18.8. The zero-order valence-corrected chi connectivity index (χ0v) is 17.0. The minimum Gasteiger partial charge on any atom is -0.460 e. The highest BCUT2D eigenvalue weighted by molar-refractivity contribution is 6.55. The van der Waals surface area contributed by atoms with E-state index in [1.54, 1.807) is 6.07 Å². The molecule has 0 bridgehead atoms. The van der Waals surface area contributed by atoms with Crippen LogP contribution >= 0.6 is 23.2 Å². The van der Waals surface area contributed by atoms with Gasteiger partial charge < -0.3 is 9.47 Å². The number of hydrogen-bond acceptors (Lipinski definition) is 4. The molecule has 0 heterocycles. The summed E-state index contributed by atoms with van der Waals surface area (Å²) in [5.41, 5.74) is -1.14. The van der Waals surface area contributed by atoms with E-state index in [1.807, 2.05) is 62.4 Å². The largest absolute Gasteiger partial charge is 0.460 e. The van der Waals surface area contributed by atoms with Gasteiger partial charge in [0.1, 0.15) is 22.6 Å². The molecule has 0 amide bonds. The van der Waals surface area contributed by atoms with Crippen LogP contribution in [0.4, 0.5) is 0 Å². The quantitative estimate of drug-likeness (QED) is 0.542. The van der Waals surface area contributed by atoms with Crippen LogP contribution in [0.5, 0.6) is 11.5 Å². The van der Waals surface area contributed by atoms with Gasteiger partial charge in [-0.2, -0.15) is 5.26 Å². The van der Waals surface area contributed by atoms with Gasteiger partial charge in [-0.15, -0.1) is 0 Å². The SMILES string of the molecule is CC1(C)[C@@H](C=C(Cl)Cl)[C@@]1(C#N)C(=O)OCc1cccc(Oc2ccccc2)c1. The Morgan fingerprint density at radius 2 is 1.82 bits per heavy atom. The Morgan fingerprint density at radius 1 is 1.14 bits per heavy atom. The van der Waals surface area contributed by atoms with Crippen LogP contribution in [0.2, 0.25) is 0 Å². The first-order valence-electron chi connectivity index (χ1n) is 8.74. The van der Waals surface area contributed by atoms with Gasteiger partial charge in [-0.05, 0) is 35.9 Å². The molecule has 144 valence electrons. The number of carbonyl (C=O) groups is 1. The van der Waals surface area contributed by atoms with Gasteiger partial charge in [0.05, 0.1) is 6.07 Å². The van der Waals surface area contributed by atoms with Crippen LogP contribution < -0.4 is 4.74 Å². The van der Waals surface area contributed by atoms with Gasteiger partial charge in [-0.1, -0.05) is 67.4 Å². The van der Waals surface area contributed by atoms with E-state index < -0.39 is 22.7 Å². The summed E-state index contributed by atoms with van der Waals surface area (Å²) in [6.07, 6.45) is 1.53. The zero-order chi connectivity index (χ0) is 20.4. The standard InChI is InChI=1S/C22H19Cl2NO3/c1-21(2)18(12-19(23)24)22(21,14-25)20(26)27-13-15-7-6-10-17(11-15)28-16-8-4-3-5-9-16/h3-12,18H,13H2,1-2H3/t18-,22+/m1/s1. The van der Waals surface area contributed by atoms with Crippen molar-refractivity contribution in [3.05, 3.63) is 70.7 Å². The summed E-state index contributed by atoms with van der Waals surface area (Å²) < 4.78 is 11.3. The number of esters is 1. The maximum atomic E-state index is 12.7. The van der Waals surface area contributed by atoms with Crippen molar-refractivity contribution in [3.63, 3.8) is 0 Å². The molecule has 0 N–H and O–H groups in total. The van der Waals surface area contributed by atoms with E-state index in [0.29, 0.717) is 11.5 Å². The molecule has 2 aromatic carbocycles. The van der Waals surface area contributed by atoms with E-state index in [4.69, 9.17) is 32.7 Å². The van der Waals surface area contributed by atoms with Crippen LogP contribution in [0.1, 0.15) is 19.4 Å². The number of nitriles is 1. The summed E-state index contributed by atoms with van der Waals surface area (Å²) in [4.78, 5) is 12.7. The Hall–Kier alpha value is -2.48. The second-order valence-electron chi connectivity index (χ2n) is 7.21. The van der Waals surface area contributed by atoms with Gasteiger partial charge >= 0.3 is 5.97 Å². The molecular weight excluding hydrogens is 397 g/mol. The summed E-state index contributed by atoms with van der Waals surface area (Å²) in [7, 11) is 0. The third-order valence-electron chi connectivity index (χ3n) is 5.22. The first-order valence-corrected chi connectivity index (χ1v) is 9.50. The van der Waals surface area contributed by atoms with Crippen molar-refractivity contribution in [2.75, 3.05) is 0 Å². The predicted octanol–water partition coefficient (Wildman–Crippen LogP) is 6.01. The van der Waals surface area contributed by atoms with E-state index in [2.05, 4.69) is 6.07 Å². The molecule has 2 aromatic rings. The van der Waals surface area contributed by atoms with Crippen LogP contribution in [0.3, 0.4) is 0 Å². The molecule has 0 saturated heterocycles. The molecular formula is C22H19Cl2NO3. The molecule has 1 fully saturated rings. The molecule has 0 aliphatic heterocycles. The minimum absolute atomic E-state index is 0.0359. The fourth-order valence-corrected chi connectivity index (χ4v) is 3.75. The highest BCUT2D eigenvalue weighted by Gasteiger charge is 2.77. The molecule has 4 nitrogen and oxygen atoms in total. The van der Waals surface area contributed by atoms with Crippen molar-refractivity contribution in [1.29, 1.82) is 5.26 Å². The third-order valence-corrected chi connectivity index (χ3v) is 5.47. The van der Waals surface area contributed by atoms with Crippen LogP contribution in [0, 0.1) is 28.1 Å². The average Bonchev–Trinajstić information content (AvgIpc) is 3.14. The molecule has 1 aliphatic carbocycles. The lowest BCUT2D eigenvalue weighted by Gasteiger charge is -2.12. The summed E-state index contributed by atoms with van der Waals surface area (Å²) in [5.74, 6) is 0.379. The molecule has 0 radical (unpaired) electrons. The van der Waals surface area contributed by atoms with Crippen LogP contribution in [-0.4, -0.2) is 5.97 Å². The van der Waals surface area contributed by atoms with Crippen LogP contribution in [-0.2, 0) is 16.1 Å². The van der Waals surface area contributed by atoms with Crippen molar-refractivity contribution < 1.29 is 14.3 Å². The van der Waals surface area contributed by atoms with Crippen LogP contribution in [0.15, 0.2) is 65.2 Å². The Morgan fingerprint density at radius 3 is 2.46 bits per heavy atom. The van der Waals surface area contributed by atoms with E-state index in [1.165, 1.54) is 6.08 Å². The number of hydrogen-bond donors (Lipinski definition) is 0. The Balaban J connectivity index is 1.69. The molecule has 0 spiro atoms. The highest BCUT2D eigenvalue weighted by Crippen LogP contribution is 2.70. The Kier molecular flexibility index (Phi) is 5.69. The number of para-hydroxylation sites is 1. The number of benzene rings is 2. The fraction of sp³-hybridized carbons (Fsp3) is 0.273. The third kappa shape index (κ3) is 3.73. The predicted molar refractivity (Wildman–Crippen MR) is 108 cm³/mol. The molecule has 0 unspecified atom stereocenters. The smallest absolute Gasteiger partial charge is 0.328 e. The van der Waals surface area contributed by atoms with Crippen molar-refractivity contribution in [1.82, 2.24) is 0 Å². The molecule has 6 heteroatoms. The molecule has 3 rings (SSSR count). The van der Waals surface area contributed by atoms with E-state index in [9.17, 15) is 10.1 Å². The van der Waals surface area contributed by atoms with Crippen molar-refractivity contribution in [2.45, 2.75) is 20.5 Å². The van der Waals surface area contributed by atoms with Gasteiger partial charge in [0.15, 0.2) is 5.41 Å². The normalized spacial score (nSPS) is 21.9. The first kappa shape index (κ1) is 20.3. The van der Waals surface area contributed by atoms with Crippen LogP contribution in [0.25, 0.3) is 0 Å². The lowest BCUT2D eigenvalue weighted by molar-refractivity contribution is -0.150. The van der Waals surface area contributed by atoms with Gasteiger partial charge in [0.2, 0.25) is 0 Å². The van der Waals surface area contributed by atoms with Crippen molar-refractivity contribution in [3.8, 4) is 17.6 Å². The van der Waals surface area contributed by atoms with Crippen molar-refractivity contribution in [2.24, 2.45) is 16.7 Å².